The van der Waals surface area contributed by atoms with E-state index in [1.54, 1.807) is 0 Å². The van der Waals surface area contributed by atoms with Crippen molar-refractivity contribution in [2.45, 2.75) is 18.4 Å². The largest absolute Gasteiger partial charge is 0.327 e. The molecule has 1 aliphatic carbocycles. The fourth-order valence-corrected chi connectivity index (χ4v) is 1.75. The summed E-state index contributed by atoms with van der Waals surface area (Å²) in [5.74, 6) is 0.618. The quantitative estimate of drug-likeness (QED) is 0.812. The lowest BCUT2D eigenvalue weighted by Crippen LogP contribution is -2.00. The maximum atomic E-state index is 5.73. The number of hydrogen-bond acceptors (Lipinski definition) is 1. The van der Waals surface area contributed by atoms with E-state index in [0.717, 1.165) is 10.9 Å². The third-order valence-corrected chi connectivity index (χ3v) is 2.61. The van der Waals surface area contributed by atoms with Crippen LogP contribution in [0.15, 0.2) is 28.7 Å². The maximum Gasteiger partial charge on any atom is 0.0178 e. The van der Waals surface area contributed by atoms with Gasteiger partial charge >= 0.3 is 0 Å². The molecule has 1 nitrogen and oxygen atoms in total. The van der Waals surface area contributed by atoms with Crippen molar-refractivity contribution in [2.24, 2.45) is 5.73 Å². The number of nitrogens with two attached hydrogens (primary N) is 1. The normalized spacial score (nSPS) is 26.2. The highest BCUT2D eigenvalue weighted by atomic mass is 79.9. The third-order valence-electron chi connectivity index (χ3n) is 2.12. The molecule has 1 aliphatic rings. The number of rotatable bonds is 1. The summed E-state index contributed by atoms with van der Waals surface area (Å²) in [6.45, 7) is 0. The van der Waals surface area contributed by atoms with Gasteiger partial charge in [0.15, 0.2) is 0 Å². The first-order chi connectivity index (χ1) is 5.27. The molecule has 2 N–H and O–H groups in total. The van der Waals surface area contributed by atoms with E-state index in [1.807, 2.05) is 6.07 Å². The Balaban J connectivity index is 0.000000720. The summed E-state index contributed by atoms with van der Waals surface area (Å²) in [5.41, 5.74) is 7.10. The van der Waals surface area contributed by atoms with Crippen molar-refractivity contribution in [3.8, 4) is 0 Å². The summed E-state index contributed by atoms with van der Waals surface area (Å²) in [6.07, 6.45) is 1.15. The average molecular weight is 249 g/mol. The summed E-state index contributed by atoms with van der Waals surface area (Å²) < 4.78 is 1.15. The van der Waals surface area contributed by atoms with Crippen molar-refractivity contribution in [1.82, 2.24) is 0 Å². The van der Waals surface area contributed by atoms with Crippen LogP contribution in [-0.4, -0.2) is 6.04 Å². The van der Waals surface area contributed by atoms with Crippen LogP contribution in [0.25, 0.3) is 0 Å². The molecule has 1 saturated carbocycles. The Hall–Kier alpha value is -0.0500. The highest BCUT2D eigenvalue weighted by Gasteiger charge is 2.34. The Morgan fingerprint density at radius 1 is 1.42 bits per heavy atom. The first kappa shape index (κ1) is 10.0. The zero-order valence-electron chi connectivity index (χ0n) is 6.53. The standard InChI is InChI=1S/C9H10BrN.ClH/c10-7-3-1-2-6(4-7)8-5-9(8)11;/h1-4,8-9H,5,11H2;1H/t8?,9-;/m1./s1. The van der Waals surface area contributed by atoms with Crippen molar-refractivity contribution >= 4 is 28.3 Å². The lowest BCUT2D eigenvalue weighted by molar-refractivity contribution is 0.989. The van der Waals surface area contributed by atoms with Gasteiger partial charge in [0.25, 0.3) is 0 Å². The molecule has 0 heterocycles. The van der Waals surface area contributed by atoms with Crippen molar-refractivity contribution < 1.29 is 0 Å². The van der Waals surface area contributed by atoms with Crippen LogP contribution in [0.2, 0.25) is 0 Å². The summed E-state index contributed by atoms with van der Waals surface area (Å²) in [6, 6.07) is 8.80. The van der Waals surface area contributed by atoms with Gasteiger partial charge in [-0.3, -0.25) is 0 Å². The van der Waals surface area contributed by atoms with Crippen LogP contribution in [0.4, 0.5) is 0 Å². The molecule has 1 unspecified atom stereocenters. The molecule has 0 radical (unpaired) electrons. The minimum atomic E-state index is 0. The van der Waals surface area contributed by atoms with Gasteiger partial charge in [-0.05, 0) is 24.1 Å². The summed E-state index contributed by atoms with van der Waals surface area (Å²) in [5, 5.41) is 0. The molecule has 0 aromatic heterocycles. The van der Waals surface area contributed by atoms with Gasteiger partial charge in [0.2, 0.25) is 0 Å². The van der Waals surface area contributed by atoms with Crippen LogP contribution >= 0.6 is 28.3 Å². The maximum absolute atomic E-state index is 5.73. The second kappa shape index (κ2) is 3.77. The molecule has 12 heavy (non-hydrogen) atoms. The molecule has 0 bridgehead atoms. The van der Waals surface area contributed by atoms with Gasteiger partial charge in [-0.25, -0.2) is 0 Å². The van der Waals surface area contributed by atoms with Gasteiger partial charge in [0.05, 0.1) is 0 Å². The second-order valence-electron chi connectivity index (χ2n) is 3.06. The van der Waals surface area contributed by atoms with E-state index in [2.05, 4.69) is 34.1 Å². The average Bonchev–Trinajstić information content (AvgIpc) is 2.67. The molecule has 0 spiro atoms. The SMILES string of the molecule is Cl.N[C@@H]1CC1c1cccc(Br)c1. The minimum absolute atomic E-state index is 0. The lowest BCUT2D eigenvalue weighted by Gasteiger charge is -1.97. The number of benzene rings is 1. The Morgan fingerprint density at radius 2 is 2.08 bits per heavy atom. The van der Waals surface area contributed by atoms with Crippen molar-refractivity contribution in [1.29, 1.82) is 0 Å². The van der Waals surface area contributed by atoms with Crippen LogP contribution in [0.5, 0.6) is 0 Å². The monoisotopic (exact) mass is 247 g/mol. The summed E-state index contributed by atoms with van der Waals surface area (Å²) in [7, 11) is 0. The van der Waals surface area contributed by atoms with Gasteiger partial charge in [0.1, 0.15) is 0 Å². The Morgan fingerprint density at radius 3 is 2.58 bits per heavy atom. The topological polar surface area (TPSA) is 26.0 Å². The first-order valence-electron chi connectivity index (χ1n) is 3.78. The van der Waals surface area contributed by atoms with Crippen LogP contribution in [0.1, 0.15) is 17.9 Å². The number of halogens is 2. The molecule has 2 atom stereocenters. The molecule has 3 heteroatoms. The predicted octanol–water partition coefficient (Wildman–Crippen LogP) is 2.69. The van der Waals surface area contributed by atoms with Gasteiger partial charge in [0, 0.05) is 16.4 Å². The molecule has 1 aromatic rings. The van der Waals surface area contributed by atoms with Gasteiger partial charge in [-0.2, -0.15) is 0 Å². The summed E-state index contributed by atoms with van der Waals surface area (Å²) >= 11 is 3.44. The van der Waals surface area contributed by atoms with Gasteiger partial charge < -0.3 is 5.73 Å². The van der Waals surface area contributed by atoms with Crippen LogP contribution in [0, 0.1) is 0 Å². The van der Waals surface area contributed by atoms with Gasteiger partial charge in [-0.1, -0.05) is 28.1 Å². The molecular formula is C9H11BrClN. The third kappa shape index (κ3) is 2.00. The summed E-state index contributed by atoms with van der Waals surface area (Å²) in [4.78, 5) is 0. The van der Waals surface area contributed by atoms with Crippen LogP contribution in [0.3, 0.4) is 0 Å². The van der Waals surface area contributed by atoms with E-state index in [1.165, 1.54) is 5.56 Å². The van der Waals surface area contributed by atoms with E-state index < -0.39 is 0 Å². The van der Waals surface area contributed by atoms with E-state index in [4.69, 9.17) is 5.73 Å². The molecular weight excluding hydrogens is 237 g/mol. The van der Waals surface area contributed by atoms with E-state index >= 15 is 0 Å². The Labute approximate surface area is 86.9 Å². The van der Waals surface area contributed by atoms with E-state index in [9.17, 15) is 0 Å². The van der Waals surface area contributed by atoms with Crippen molar-refractivity contribution in [3.63, 3.8) is 0 Å². The molecule has 2 rings (SSSR count). The van der Waals surface area contributed by atoms with E-state index in [-0.39, 0.29) is 12.4 Å². The lowest BCUT2D eigenvalue weighted by atomic mass is 10.1. The van der Waals surface area contributed by atoms with Crippen molar-refractivity contribution in [2.75, 3.05) is 0 Å². The highest BCUT2D eigenvalue weighted by molar-refractivity contribution is 9.10. The van der Waals surface area contributed by atoms with Crippen molar-refractivity contribution in [3.05, 3.63) is 34.3 Å². The highest BCUT2D eigenvalue weighted by Crippen LogP contribution is 2.39. The minimum Gasteiger partial charge on any atom is -0.327 e. The fourth-order valence-electron chi connectivity index (χ4n) is 1.34. The Kier molecular flexibility index (Phi) is 3.16. The molecule has 0 aliphatic heterocycles. The van der Waals surface area contributed by atoms with Gasteiger partial charge in [-0.15, -0.1) is 12.4 Å². The number of hydrogen-bond donors (Lipinski definition) is 1. The predicted molar refractivity (Wildman–Crippen MR) is 56.7 cm³/mol. The molecule has 0 amide bonds. The Bertz CT molecular complexity index is 277. The fraction of sp³-hybridized carbons (Fsp3) is 0.333. The molecule has 1 aromatic carbocycles. The zero-order valence-corrected chi connectivity index (χ0v) is 8.94. The van der Waals surface area contributed by atoms with E-state index in [0.29, 0.717) is 12.0 Å². The van der Waals surface area contributed by atoms with Crippen LogP contribution in [-0.2, 0) is 0 Å². The molecule has 0 saturated heterocycles. The molecule has 66 valence electrons. The molecule has 1 fully saturated rings. The zero-order chi connectivity index (χ0) is 7.84. The smallest absolute Gasteiger partial charge is 0.0178 e. The second-order valence-corrected chi connectivity index (χ2v) is 3.98. The first-order valence-corrected chi connectivity index (χ1v) is 4.58. The van der Waals surface area contributed by atoms with Crippen LogP contribution < -0.4 is 5.73 Å².